The van der Waals surface area contributed by atoms with Crippen LogP contribution < -0.4 is 0 Å². The first-order valence-electron chi connectivity index (χ1n) is 10.8. The summed E-state index contributed by atoms with van der Waals surface area (Å²) in [6.45, 7) is 6.71. The number of nitrogens with zero attached hydrogens (tertiary/aromatic N) is 2. The predicted molar refractivity (Wildman–Crippen MR) is 124 cm³/mol. The Kier molecular flexibility index (Phi) is 22.1. The van der Waals surface area contributed by atoms with Crippen molar-refractivity contribution in [3.8, 4) is 0 Å². The van der Waals surface area contributed by atoms with Crippen molar-refractivity contribution in [1.29, 1.82) is 0 Å². The first kappa shape index (κ1) is 35.9. The number of hydroxylamine groups is 4. The first-order valence-corrected chi connectivity index (χ1v) is 10.8. The molecule has 34 heavy (non-hydrogen) atoms. The molecule has 0 bridgehead atoms. The highest BCUT2D eigenvalue weighted by Crippen LogP contribution is 2.12. The van der Waals surface area contributed by atoms with Crippen LogP contribution in [0.5, 0.6) is 0 Å². The number of ether oxygens (including phenoxy) is 1. The largest absolute Gasteiger partial charge is 0.382 e. The van der Waals surface area contributed by atoms with E-state index in [1.165, 1.54) is 12.8 Å². The predicted octanol–water partition coefficient (Wildman–Crippen LogP) is 3.36. The summed E-state index contributed by atoms with van der Waals surface area (Å²) >= 11 is 0. The molecule has 0 unspecified atom stereocenters. The summed E-state index contributed by atoms with van der Waals surface area (Å²) in [7, 11) is 0. The summed E-state index contributed by atoms with van der Waals surface area (Å²) in [5.41, 5.74) is 0. The summed E-state index contributed by atoms with van der Waals surface area (Å²) < 4.78 is 5.04. The zero-order chi connectivity index (χ0) is 24.5. The average Bonchev–Trinajstić information content (AvgIpc) is 3.22. The van der Waals surface area contributed by atoms with Crippen molar-refractivity contribution in [2.24, 2.45) is 0 Å². The van der Waals surface area contributed by atoms with Crippen molar-refractivity contribution in [2.45, 2.75) is 99.8 Å². The summed E-state index contributed by atoms with van der Waals surface area (Å²) in [6.07, 6.45) is 5.42. The molecule has 2 heterocycles. The lowest BCUT2D eigenvalue weighted by Crippen LogP contribution is -2.32. The topological polar surface area (TPSA) is 148 Å². The SMILES string of the molecule is C.C.CCCCCC(C)=O.CCOCCCC(=O)ON1C(=O)CCC1=O.O=C1CCC(=O)N1O. The molecule has 0 aromatic heterocycles. The molecule has 2 fully saturated rings. The van der Waals surface area contributed by atoms with Gasteiger partial charge >= 0.3 is 5.97 Å². The fraction of sp³-hybridized carbons (Fsp3) is 0.739. The molecule has 0 spiro atoms. The highest BCUT2D eigenvalue weighted by molar-refractivity contribution is 6.01. The second kappa shape index (κ2) is 20.9. The van der Waals surface area contributed by atoms with E-state index in [1.807, 2.05) is 6.92 Å². The van der Waals surface area contributed by atoms with E-state index < -0.39 is 29.6 Å². The molecule has 0 saturated carbocycles. The van der Waals surface area contributed by atoms with Gasteiger partial charge in [-0.15, -0.1) is 5.06 Å². The number of Topliss-reactive ketones (excluding diaryl/α,β-unsaturated/α-hetero) is 1. The van der Waals surface area contributed by atoms with Crippen molar-refractivity contribution in [3.63, 3.8) is 0 Å². The van der Waals surface area contributed by atoms with Gasteiger partial charge in [0.2, 0.25) is 0 Å². The fourth-order valence-electron chi connectivity index (χ4n) is 2.46. The number of unbranched alkanes of at least 4 members (excludes halogenated alkanes) is 2. The Balaban J connectivity index is -0.000000454. The van der Waals surface area contributed by atoms with Gasteiger partial charge in [0.05, 0.1) is 6.42 Å². The lowest BCUT2D eigenvalue weighted by atomic mass is 10.2. The maximum atomic E-state index is 11.2. The van der Waals surface area contributed by atoms with Crippen LogP contribution in [0.25, 0.3) is 0 Å². The van der Waals surface area contributed by atoms with Gasteiger partial charge in [-0.2, -0.15) is 5.06 Å². The monoisotopic (exact) mass is 490 g/mol. The molecule has 2 aliphatic rings. The Hall–Kier alpha value is -2.66. The van der Waals surface area contributed by atoms with Gasteiger partial charge < -0.3 is 14.4 Å². The number of rotatable bonds is 10. The third-order valence-electron chi connectivity index (χ3n) is 4.23. The molecule has 0 aromatic carbocycles. The smallest absolute Gasteiger partial charge is 0.333 e. The molecule has 198 valence electrons. The Morgan fingerprint density at radius 2 is 1.32 bits per heavy atom. The highest BCUT2D eigenvalue weighted by Gasteiger charge is 2.32. The van der Waals surface area contributed by atoms with Gasteiger partial charge in [0.25, 0.3) is 23.6 Å². The van der Waals surface area contributed by atoms with E-state index in [-0.39, 0.29) is 52.0 Å². The van der Waals surface area contributed by atoms with Gasteiger partial charge in [-0.25, -0.2) is 4.79 Å². The highest BCUT2D eigenvalue weighted by atomic mass is 16.7. The van der Waals surface area contributed by atoms with Crippen LogP contribution in [0.15, 0.2) is 0 Å². The van der Waals surface area contributed by atoms with Crippen LogP contribution in [0.4, 0.5) is 0 Å². The van der Waals surface area contributed by atoms with Gasteiger partial charge in [-0.05, 0) is 26.7 Å². The minimum absolute atomic E-state index is 0. The summed E-state index contributed by atoms with van der Waals surface area (Å²) in [5.74, 6) is -2.18. The third kappa shape index (κ3) is 16.0. The Bertz CT molecular complexity index is 633. The van der Waals surface area contributed by atoms with Crippen LogP contribution in [0.2, 0.25) is 0 Å². The lowest BCUT2D eigenvalue weighted by Gasteiger charge is -2.12. The van der Waals surface area contributed by atoms with E-state index in [0.29, 0.717) is 30.5 Å². The summed E-state index contributed by atoms with van der Waals surface area (Å²) in [4.78, 5) is 68.9. The number of hydrogen-bond acceptors (Lipinski definition) is 9. The molecule has 2 aliphatic heterocycles. The standard InChI is InChI=1S/C10H15NO5.C7H14O.C4H5NO3.2CH4/c1-2-15-7-3-4-10(14)16-11-8(12)5-6-9(11)13;1-3-4-5-6-7(2)8;6-3-1-2-4(7)5(3)8;;/h2-7H2,1H3;3-6H2,1-2H3;8H,1-2H2;2*1H4. The fourth-order valence-corrected chi connectivity index (χ4v) is 2.46. The van der Waals surface area contributed by atoms with Crippen LogP contribution in [0.1, 0.15) is 99.8 Å². The van der Waals surface area contributed by atoms with Crippen LogP contribution in [0, 0.1) is 0 Å². The summed E-state index contributed by atoms with van der Waals surface area (Å²) in [6, 6.07) is 0. The molecule has 4 amide bonds. The van der Waals surface area contributed by atoms with Gasteiger partial charge in [0.15, 0.2) is 0 Å². The van der Waals surface area contributed by atoms with Gasteiger partial charge in [0.1, 0.15) is 5.78 Å². The van der Waals surface area contributed by atoms with E-state index in [4.69, 9.17) is 9.94 Å². The molecule has 0 aliphatic carbocycles. The van der Waals surface area contributed by atoms with Crippen LogP contribution >= 0.6 is 0 Å². The second-order valence-electron chi connectivity index (χ2n) is 7.10. The van der Waals surface area contributed by atoms with E-state index in [2.05, 4.69) is 11.8 Å². The van der Waals surface area contributed by atoms with Gasteiger partial charge in [-0.1, -0.05) is 34.6 Å². The molecular weight excluding hydrogens is 448 g/mol. The molecule has 0 aromatic rings. The Morgan fingerprint density at radius 1 is 0.824 bits per heavy atom. The van der Waals surface area contributed by atoms with Gasteiger partial charge in [-0.3, -0.25) is 24.4 Å². The van der Waals surface area contributed by atoms with Crippen molar-refractivity contribution in [1.82, 2.24) is 10.1 Å². The molecule has 11 heteroatoms. The van der Waals surface area contributed by atoms with Crippen LogP contribution in [-0.2, 0) is 38.3 Å². The molecule has 0 atom stereocenters. The van der Waals surface area contributed by atoms with Crippen molar-refractivity contribution in [3.05, 3.63) is 0 Å². The van der Waals surface area contributed by atoms with Crippen LogP contribution in [-0.4, -0.2) is 63.9 Å². The zero-order valence-electron chi connectivity index (χ0n) is 19.1. The van der Waals surface area contributed by atoms with E-state index in [0.717, 1.165) is 12.8 Å². The number of amides is 4. The van der Waals surface area contributed by atoms with E-state index in [9.17, 15) is 28.8 Å². The second-order valence-corrected chi connectivity index (χ2v) is 7.10. The Morgan fingerprint density at radius 3 is 1.71 bits per heavy atom. The maximum Gasteiger partial charge on any atom is 0.333 e. The molecule has 0 radical (unpaired) electrons. The zero-order valence-corrected chi connectivity index (χ0v) is 19.1. The molecule has 1 N–H and O–H groups in total. The quantitative estimate of drug-likeness (QED) is 0.276. The molecule has 2 saturated heterocycles. The number of imide groups is 2. The maximum absolute atomic E-state index is 11.2. The Labute approximate surface area is 202 Å². The first-order chi connectivity index (χ1) is 15.1. The number of ketones is 1. The lowest BCUT2D eigenvalue weighted by molar-refractivity contribution is -0.197. The molecule has 11 nitrogen and oxygen atoms in total. The van der Waals surface area contributed by atoms with Gasteiger partial charge in [0, 0.05) is 45.3 Å². The average molecular weight is 491 g/mol. The molecule has 2 rings (SSSR count). The minimum Gasteiger partial charge on any atom is -0.382 e. The van der Waals surface area contributed by atoms with E-state index >= 15 is 0 Å². The van der Waals surface area contributed by atoms with Crippen molar-refractivity contribution >= 4 is 35.4 Å². The van der Waals surface area contributed by atoms with E-state index in [1.54, 1.807) is 6.92 Å². The van der Waals surface area contributed by atoms with Crippen molar-refractivity contribution in [2.75, 3.05) is 13.2 Å². The van der Waals surface area contributed by atoms with Crippen LogP contribution in [0.3, 0.4) is 0 Å². The van der Waals surface area contributed by atoms with Crippen molar-refractivity contribution < 1.29 is 43.5 Å². The number of hydrogen-bond donors (Lipinski definition) is 1. The summed E-state index contributed by atoms with van der Waals surface area (Å²) in [5, 5.41) is 9.13. The minimum atomic E-state index is -0.580. The third-order valence-corrected chi connectivity index (χ3v) is 4.23. The number of carbonyl (C=O) groups excluding carboxylic acids is 6. The molecular formula is C23H42N2O9. The normalized spacial score (nSPS) is 14.4. The number of carbonyl (C=O) groups is 6.